The number of aromatic hydroxyl groups is 1. The van der Waals surface area contributed by atoms with Crippen molar-refractivity contribution in [1.29, 1.82) is 0 Å². The predicted octanol–water partition coefficient (Wildman–Crippen LogP) is 4.82. The Labute approximate surface area is 202 Å². The Balaban J connectivity index is 1.56. The fourth-order valence-corrected chi connectivity index (χ4v) is 5.62. The van der Waals surface area contributed by atoms with E-state index in [0.29, 0.717) is 23.6 Å². The summed E-state index contributed by atoms with van der Waals surface area (Å²) in [6.07, 6.45) is 3.34. The lowest BCUT2D eigenvalue weighted by Gasteiger charge is -2.25. The monoisotopic (exact) mass is 480 g/mol. The van der Waals surface area contributed by atoms with Crippen LogP contribution < -0.4 is 9.04 Å². The fraction of sp³-hybridized carbons (Fsp3) is 0.333. The molecule has 3 aromatic carbocycles. The van der Waals surface area contributed by atoms with Crippen LogP contribution in [0.25, 0.3) is 0 Å². The summed E-state index contributed by atoms with van der Waals surface area (Å²) in [6.45, 7) is 5.89. The van der Waals surface area contributed by atoms with Crippen LogP contribution in [0.5, 0.6) is 11.5 Å². The van der Waals surface area contributed by atoms with Gasteiger partial charge in [-0.25, -0.2) is 8.42 Å². The number of phenols is 1. The highest BCUT2D eigenvalue weighted by molar-refractivity contribution is 7.92. The van der Waals surface area contributed by atoms with Crippen LogP contribution >= 0.6 is 0 Å². The molecule has 0 radical (unpaired) electrons. The number of nitrogens with zero attached hydrogens (tertiary/aromatic N) is 2. The van der Waals surface area contributed by atoms with Gasteiger partial charge in [0.05, 0.1) is 17.1 Å². The number of aryl methyl sites for hydroxylation is 1. The van der Waals surface area contributed by atoms with Crippen LogP contribution in [0.3, 0.4) is 0 Å². The molecule has 0 atom stereocenters. The highest BCUT2D eigenvalue weighted by Crippen LogP contribution is 2.29. The van der Waals surface area contributed by atoms with Gasteiger partial charge in [0.1, 0.15) is 18.1 Å². The molecule has 6 nitrogen and oxygen atoms in total. The standard InChI is InChI=1S/C27H32N2O4S/c1-2-22-8-14-27(15-9-22)34(31,32)29(21-23-6-5-7-25(30)20-23)24-10-12-26(13-11-24)33-19-18-28-16-3-4-17-28/h5-15,20,30H,2-4,16-19,21H2,1H3. The highest BCUT2D eigenvalue weighted by atomic mass is 32.2. The van der Waals surface area contributed by atoms with Gasteiger partial charge >= 0.3 is 0 Å². The smallest absolute Gasteiger partial charge is 0.264 e. The van der Waals surface area contributed by atoms with E-state index in [4.69, 9.17) is 4.74 Å². The minimum absolute atomic E-state index is 0.0986. The Morgan fingerprint density at radius 3 is 2.29 bits per heavy atom. The summed E-state index contributed by atoms with van der Waals surface area (Å²) < 4.78 is 34.6. The molecule has 1 aliphatic rings. The molecule has 1 fully saturated rings. The predicted molar refractivity (Wildman–Crippen MR) is 135 cm³/mol. The van der Waals surface area contributed by atoms with Crippen LogP contribution in [0, 0.1) is 0 Å². The third-order valence-electron chi connectivity index (χ3n) is 6.16. The molecule has 0 amide bonds. The average molecular weight is 481 g/mol. The summed E-state index contributed by atoms with van der Waals surface area (Å²) in [4.78, 5) is 2.62. The zero-order chi connectivity index (χ0) is 24.0. The average Bonchev–Trinajstić information content (AvgIpc) is 3.37. The maximum absolute atomic E-state index is 13.7. The fourth-order valence-electron chi connectivity index (χ4n) is 4.17. The van der Waals surface area contributed by atoms with Crippen molar-refractivity contribution in [3.63, 3.8) is 0 Å². The maximum atomic E-state index is 13.7. The molecule has 0 unspecified atom stereocenters. The maximum Gasteiger partial charge on any atom is 0.264 e. The van der Waals surface area contributed by atoms with Crippen LogP contribution in [-0.4, -0.2) is 44.7 Å². The summed E-state index contributed by atoms with van der Waals surface area (Å²) >= 11 is 0. The van der Waals surface area contributed by atoms with E-state index in [1.165, 1.54) is 17.1 Å². The second-order valence-electron chi connectivity index (χ2n) is 8.57. The second-order valence-corrected chi connectivity index (χ2v) is 10.4. The third-order valence-corrected chi connectivity index (χ3v) is 7.94. The first-order valence-corrected chi connectivity index (χ1v) is 13.2. The summed E-state index contributed by atoms with van der Waals surface area (Å²) in [5.74, 6) is 0.814. The van der Waals surface area contributed by atoms with Crippen molar-refractivity contribution in [3.8, 4) is 11.5 Å². The molecular weight excluding hydrogens is 448 g/mol. The van der Waals surface area contributed by atoms with Crippen LogP contribution in [0.15, 0.2) is 77.7 Å². The summed E-state index contributed by atoms with van der Waals surface area (Å²) in [6, 6.07) is 20.8. The number of likely N-dealkylation sites (tertiary alicyclic amines) is 1. The zero-order valence-electron chi connectivity index (χ0n) is 19.6. The normalized spacial score (nSPS) is 14.3. The molecular formula is C27H32N2O4S. The van der Waals surface area contributed by atoms with Crippen molar-refractivity contribution < 1.29 is 18.3 Å². The molecule has 0 spiro atoms. The SMILES string of the molecule is CCc1ccc(S(=O)(=O)N(Cc2cccc(O)c2)c2ccc(OCCN3CCCC3)cc2)cc1. The Hall–Kier alpha value is -3.03. The number of anilines is 1. The molecule has 34 heavy (non-hydrogen) atoms. The summed E-state index contributed by atoms with van der Waals surface area (Å²) in [5.41, 5.74) is 2.31. The van der Waals surface area contributed by atoms with E-state index in [0.717, 1.165) is 31.6 Å². The van der Waals surface area contributed by atoms with E-state index < -0.39 is 10.0 Å². The number of hydrogen-bond acceptors (Lipinski definition) is 5. The lowest BCUT2D eigenvalue weighted by Crippen LogP contribution is -2.30. The number of hydrogen-bond donors (Lipinski definition) is 1. The van der Waals surface area contributed by atoms with Gasteiger partial charge in [-0.1, -0.05) is 31.2 Å². The molecule has 0 bridgehead atoms. The van der Waals surface area contributed by atoms with Gasteiger partial charge in [-0.05, 0) is 92.0 Å². The zero-order valence-corrected chi connectivity index (χ0v) is 20.4. The molecule has 4 rings (SSSR count). The van der Waals surface area contributed by atoms with E-state index in [2.05, 4.69) is 4.90 Å². The number of ether oxygens (including phenoxy) is 1. The van der Waals surface area contributed by atoms with E-state index in [1.807, 2.05) is 31.2 Å². The van der Waals surface area contributed by atoms with E-state index in [-0.39, 0.29) is 17.2 Å². The number of rotatable bonds is 10. The van der Waals surface area contributed by atoms with Crippen LogP contribution in [-0.2, 0) is 23.0 Å². The molecule has 1 N–H and O–H groups in total. The Bertz CT molecular complexity index is 1170. The first kappa shape index (κ1) is 24.1. The number of sulfonamides is 1. The van der Waals surface area contributed by atoms with Gasteiger partial charge in [-0.2, -0.15) is 0 Å². The van der Waals surface area contributed by atoms with Crippen LogP contribution in [0.2, 0.25) is 0 Å². The van der Waals surface area contributed by atoms with Gasteiger partial charge in [0.15, 0.2) is 0 Å². The molecule has 0 aromatic heterocycles. The van der Waals surface area contributed by atoms with Crippen molar-refractivity contribution >= 4 is 15.7 Å². The highest BCUT2D eigenvalue weighted by Gasteiger charge is 2.25. The van der Waals surface area contributed by atoms with Crippen LogP contribution in [0.4, 0.5) is 5.69 Å². The topological polar surface area (TPSA) is 70.1 Å². The quantitative estimate of drug-likeness (QED) is 0.450. The van der Waals surface area contributed by atoms with Crippen LogP contribution in [0.1, 0.15) is 30.9 Å². The van der Waals surface area contributed by atoms with E-state index in [1.54, 1.807) is 48.5 Å². The van der Waals surface area contributed by atoms with Crippen molar-refractivity contribution in [3.05, 3.63) is 83.9 Å². The Kier molecular flexibility index (Phi) is 7.75. The first-order chi connectivity index (χ1) is 16.5. The van der Waals surface area contributed by atoms with Gasteiger partial charge in [-0.15, -0.1) is 0 Å². The minimum atomic E-state index is -3.83. The van der Waals surface area contributed by atoms with Crippen molar-refractivity contribution in [1.82, 2.24) is 4.90 Å². The van der Waals surface area contributed by atoms with Gasteiger partial charge in [0, 0.05) is 6.54 Å². The molecule has 180 valence electrons. The van der Waals surface area contributed by atoms with Gasteiger partial charge in [0.25, 0.3) is 10.0 Å². The molecule has 0 saturated carbocycles. The number of benzene rings is 3. The molecule has 1 aliphatic heterocycles. The molecule has 3 aromatic rings. The number of phenolic OH excluding ortho intramolecular Hbond substituents is 1. The second kappa shape index (κ2) is 10.9. The molecule has 0 aliphatic carbocycles. The Morgan fingerprint density at radius 1 is 0.941 bits per heavy atom. The van der Waals surface area contributed by atoms with Gasteiger partial charge in [-0.3, -0.25) is 9.21 Å². The van der Waals surface area contributed by atoms with Crippen molar-refractivity contribution in [2.75, 3.05) is 30.5 Å². The lowest BCUT2D eigenvalue weighted by atomic mass is 10.2. The molecule has 7 heteroatoms. The molecule has 1 heterocycles. The largest absolute Gasteiger partial charge is 0.508 e. The van der Waals surface area contributed by atoms with E-state index >= 15 is 0 Å². The molecule has 1 saturated heterocycles. The van der Waals surface area contributed by atoms with Crippen molar-refractivity contribution in [2.24, 2.45) is 0 Å². The Morgan fingerprint density at radius 2 is 1.65 bits per heavy atom. The van der Waals surface area contributed by atoms with E-state index in [9.17, 15) is 13.5 Å². The lowest BCUT2D eigenvalue weighted by molar-refractivity contribution is 0.238. The third kappa shape index (κ3) is 5.90. The van der Waals surface area contributed by atoms with Crippen molar-refractivity contribution in [2.45, 2.75) is 37.6 Å². The van der Waals surface area contributed by atoms with Gasteiger partial charge in [0.2, 0.25) is 0 Å². The first-order valence-electron chi connectivity index (χ1n) is 11.8. The summed E-state index contributed by atoms with van der Waals surface area (Å²) in [5, 5.41) is 9.88. The van der Waals surface area contributed by atoms with Gasteiger partial charge < -0.3 is 9.84 Å². The minimum Gasteiger partial charge on any atom is -0.508 e. The summed E-state index contributed by atoms with van der Waals surface area (Å²) in [7, 11) is -3.83.